The van der Waals surface area contributed by atoms with Crippen LogP contribution in [-0.2, 0) is 10.8 Å². The zero-order valence-electron chi connectivity index (χ0n) is 26.8. The Hall–Kier alpha value is -2.83. The van der Waals surface area contributed by atoms with E-state index in [1.54, 1.807) is 0 Å². The van der Waals surface area contributed by atoms with Gasteiger partial charge in [0.05, 0.1) is 27.2 Å². The highest BCUT2D eigenvalue weighted by atomic mass is 28.3. The molecular formula is C36H48N2Si2. The van der Waals surface area contributed by atoms with Gasteiger partial charge >= 0.3 is 0 Å². The van der Waals surface area contributed by atoms with Crippen LogP contribution in [0.25, 0.3) is 33.2 Å². The van der Waals surface area contributed by atoms with Gasteiger partial charge in [0, 0.05) is 34.5 Å². The van der Waals surface area contributed by atoms with Crippen LogP contribution in [0.2, 0.25) is 39.3 Å². The average molecular weight is 565 g/mol. The van der Waals surface area contributed by atoms with E-state index in [9.17, 15) is 0 Å². The molecule has 5 rings (SSSR count). The summed E-state index contributed by atoms with van der Waals surface area (Å²) in [7, 11) is -2.81. The van der Waals surface area contributed by atoms with Gasteiger partial charge < -0.3 is 9.13 Å². The smallest absolute Gasteiger partial charge is 0.0776 e. The lowest BCUT2D eigenvalue weighted by Gasteiger charge is -2.20. The summed E-state index contributed by atoms with van der Waals surface area (Å²) in [5, 5.41) is 5.82. The van der Waals surface area contributed by atoms with E-state index in [0.717, 1.165) is 0 Å². The molecule has 0 aliphatic heterocycles. The summed E-state index contributed by atoms with van der Waals surface area (Å²) < 4.78 is 4.78. The molecule has 0 saturated carbocycles. The Bertz CT molecular complexity index is 1580. The molecule has 40 heavy (non-hydrogen) atoms. The molecule has 0 saturated heterocycles. The quantitative estimate of drug-likeness (QED) is 0.193. The van der Waals surface area contributed by atoms with Gasteiger partial charge in [-0.15, -0.1) is 0 Å². The Kier molecular flexibility index (Phi) is 6.71. The zero-order chi connectivity index (χ0) is 29.4. The number of nitrogens with zero attached hydrogens (tertiary/aromatic N) is 2. The minimum Gasteiger partial charge on any atom is -0.316 e. The molecule has 2 nitrogen and oxygen atoms in total. The van der Waals surface area contributed by atoms with E-state index in [-0.39, 0.29) is 10.8 Å². The van der Waals surface area contributed by atoms with Crippen molar-refractivity contribution in [3.8, 4) is 11.4 Å². The molecule has 0 bridgehead atoms. The molecule has 0 N–H and O–H groups in total. The standard InChI is InChI=1S/C36H48N2Si2/c1-35(2,3)31-23-37(33-19-17-27(21-29(31)33)39(7,8)9)25-13-15-26(16-14-25)38-24-32(36(4,5)6)30-22-28(40(10,11)12)18-20-34(30)38/h13-24H,1-12H3. The molecule has 0 aliphatic carbocycles. The van der Waals surface area contributed by atoms with E-state index in [0.29, 0.717) is 0 Å². The van der Waals surface area contributed by atoms with E-state index in [1.165, 1.54) is 54.7 Å². The molecule has 2 heterocycles. The first-order valence-electron chi connectivity index (χ1n) is 14.8. The highest BCUT2D eigenvalue weighted by Gasteiger charge is 2.25. The molecule has 0 fully saturated rings. The molecule has 0 amide bonds. The zero-order valence-corrected chi connectivity index (χ0v) is 28.8. The summed E-state index contributed by atoms with van der Waals surface area (Å²) in [5.74, 6) is 0. The SMILES string of the molecule is CC(C)(C)c1cn(-c2ccc(-n3cc(C(C)(C)C)c4cc([Si](C)(C)C)ccc43)cc2)c2ccc([Si](C)(C)C)cc12. The lowest BCUT2D eigenvalue weighted by Crippen LogP contribution is -2.37. The summed E-state index contributed by atoms with van der Waals surface area (Å²) in [6, 6.07) is 23.5. The highest BCUT2D eigenvalue weighted by Crippen LogP contribution is 2.36. The molecule has 0 aliphatic rings. The fraction of sp³-hybridized carbons (Fsp3) is 0.389. The monoisotopic (exact) mass is 564 g/mol. The molecule has 0 atom stereocenters. The van der Waals surface area contributed by atoms with Crippen molar-refractivity contribution >= 4 is 48.3 Å². The van der Waals surface area contributed by atoms with E-state index in [1.807, 2.05) is 0 Å². The number of aromatic nitrogens is 2. The normalized spacial score (nSPS) is 13.5. The van der Waals surface area contributed by atoms with Gasteiger partial charge in [0.1, 0.15) is 0 Å². The number of hydrogen-bond acceptors (Lipinski definition) is 0. The first-order chi connectivity index (χ1) is 18.4. The minimum absolute atomic E-state index is 0.0731. The Labute approximate surface area is 244 Å². The van der Waals surface area contributed by atoms with Crippen LogP contribution >= 0.6 is 0 Å². The third-order valence-electron chi connectivity index (χ3n) is 8.36. The van der Waals surface area contributed by atoms with E-state index in [4.69, 9.17) is 0 Å². The maximum atomic E-state index is 2.47. The second kappa shape index (κ2) is 9.35. The molecule has 0 radical (unpaired) electrons. The van der Waals surface area contributed by atoms with Crippen molar-refractivity contribution in [1.29, 1.82) is 0 Å². The van der Waals surface area contributed by atoms with Crippen molar-refractivity contribution in [1.82, 2.24) is 9.13 Å². The fourth-order valence-electron chi connectivity index (χ4n) is 5.79. The van der Waals surface area contributed by atoms with Crippen molar-refractivity contribution in [2.75, 3.05) is 0 Å². The summed E-state index contributed by atoms with van der Waals surface area (Å²) in [5.41, 5.74) is 7.97. The molecule has 0 spiro atoms. The molecular weight excluding hydrogens is 517 g/mol. The first-order valence-corrected chi connectivity index (χ1v) is 21.8. The van der Waals surface area contributed by atoms with Gasteiger partial charge in [0.2, 0.25) is 0 Å². The second-order valence-corrected chi connectivity index (χ2v) is 26.0. The van der Waals surface area contributed by atoms with Gasteiger partial charge in [-0.3, -0.25) is 0 Å². The predicted molar refractivity (Wildman–Crippen MR) is 183 cm³/mol. The highest BCUT2D eigenvalue weighted by molar-refractivity contribution is 6.89. The van der Waals surface area contributed by atoms with Crippen molar-refractivity contribution in [3.63, 3.8) is 0 Å². The number of hydrogen-bond donors (Lipinski definition) is 0. The van der Waals surface area contributed by atoms with E-state index < -0.39 is 16.1 Å². The van der Waals surface area contributed by atoms with Gasteiger partial charge in [-0.25, -0.2) is 0 Å². The van der Waals surface area contributed by atoms with Gasteiger partial charge in [-0.2, -0.15) is 0 Å². The summed E-state index contributed by atoms with van der Waals surface area (Å²) in [6.45, 7) is 28.6. The maximum absolute atomic E-state index is 2.47. The van der Waals surface area contributed by atoms with Crippen LogP contribution in [0.3, 0.4) is 0 Å². The number of fused-ring (bicyclic) bond motifs is 2. The van der Waals surface area contributed by atoms with Crippen LogP contribution in [0.5, 0.6) is 0 Å². The number of rotatable bonds is 4. The Morgan fingerprint density at radius 3 is 1.07 bits per heavy atom. The van der Waals surface area contributed by atoms with Crippen LogP contribution < -0.4 is 10.4 Å². The maximum Gasteiger partial charge on any atom is 0.0776 e. The van der Waals surface area contributed by atoms with Crippen LogP contribution in [0, 0.1) is 0 Å². The van der Waals surface area contributed by atoms with Gasteiger partial charge in [-0.1, -0.05) is 115 Å². The summed E-state index contributed by atoms with van der Waals surface area (Å²) in [4.78, 5) is 0. The van der Waals surface area contributed by atoms with Crippen LogP contribution in [-0.4, -0.2) is 25.3 Å². The second-order valence-electron chi connectivity index (χ2n) is 15.8. The molecule has 2 aromatic heterocycles. The topological polar surface area (TPSA) is 9.86 Å². The van der Waals surface area contributed by atoms with E-state index in [2.05, 4.69) is 163 Å². The average Bonchev–Trinajstić information content (AvgIpc) is 3.41. The summed E-state index contributed by atoms with van der Waals surface area (Å²) in [6.07, 6.45) is 4.74. The fourth-order valence-corrected chi connectivity index (χ4v) is 8.11. The minimum atomic E-state index is -1.41. The molecule has 3 aromatic carbocycles. The van der Waals surface area contributed by atoms with Crippen molar-refractivity contribution in [2.24, 2.45) is 0 Å². The largest absolute Gasteiger partial charge is 0.316 e. The Morgan fingerprint density at radius 2 is 0.800 bits per heavy atom. The molecule has 210 valence electrons. The van der Waals surface area contributed by atoms with Crippen LogP contribution in [0.15, 0.2) is 73.1 Å². The van der Waals surface area contributed by atoms with Crippen molar-refractivity contribution < 1.29 is 0 Å². The lowest BCUT2D eigenvalue weighted by atomic mass is 9.87. The van der Waals surface area contributed by atoms with Crippen LogP contribution in [0.4, 0.5) is 0 Å². The Balaban J connectivity index is 1.64. The van der Waals surface area contributed by atoms with E-state index >= 15 is 0 Å². The molecule has 5 aromatic rings. The predicted octanol–water partition coefficient (Wildman–Crippen LogP) is 9.26. The van der Waals surface area contributed by atoms with Gasteiger partial charge in [0.15, 0.2) is 0 Å². The number of benzene rings is 3. The summed E-state index contributed by atoms with van der Waals surface area (Å²) >= 11 is 0. The van der Waals surface area contributed by atoms with Crippen molar-refractivity contribution in [3.05, 3.63) is 84.2 Å². The third kappa shape index (κ3) is 5.17. The first kappa shape index (κ1) is 28.7. The van der Waals surface area contributed by atoms with Gasteiger partial charge in [0.25, 0.3) is 0 Å². The van der Waals surface area contributed by atoms with Crippen molar-refractivity contribution in [2.45, 2.75) is 91.7 Å². The third-order valence-corrected chi connectivity index (χ3v) is 12.4. The Morgan fingerprint density at radius 1 is 0.475 bits per heavy atom. The van der Waals surface area contributed by atoms with Gasteiger partial charge in [-0.05, 0) is 58.4 Å². The molecule has 0 unspecified atom stereocenters. The molecule has 4 heteroatoms. The lowest BCUT2D eigenvalue weighted by molar-refractivity contribution is 0.594. The van der Waals surface area contributed by atoms with Crippen LogP contribution in [0.1, 0.15) is 52.7 Å².